The van der Waals surface area contributed by atoms with E-state index in [0.717, 1.165) is 19.0 Å². The molecule has 0 aliphatic carbocycles. The summed E-state index contributed by atoms with van der Waals surface area (Å²) in [6.45, 7) is 13.8. The first-order valence-electron chi connectivity index (χ1n) is 5.76. The van der Waals surface area contributed by atoms with Crippen molar-refractivity contribution in [1.29, 1.82) is 0 Å². The molecule has 0 unspecified atom stereocenters. The van der Waals surface area contributed by atoms with Crippen molar-refractivity contribution in [3.05, 3.63) is 0 Å². The molecule has 0 saturated carbocycles. The second kappa shape index (κ2) is 6.42. The molecular weight excluding hydrogens is 158 g/mol. The molecule has 0 atom stereocenters. The largest absolute Gasteiger partial charge is 0.316 e. The average Bonchev–Trinajstić information content (AvgIpc) is 2.11. The maximum absolute atomic E-state index is 3.44. The first kappa shape index (κ1) is 13.0. The van der Waals surface area contributed by atoms with Gasteiger partial charge in [0, 0.05) is 6.54 Å². The molecule has 0 saturated heterocycles. The van der Waals surface area contributed by atoms with E-state index in [1.54, 1.807) is 0 Å². The monoisotopic (exact) mass is 185 g/mol. The zero-order valence-corrected chi connectivity index (χ0v) is 10.1. The lowest BCUT2D eigenvalue weighted by atomic mass is 9.80. The van der Waals surface area contributed by atoms with E-state index >= 15 is 0 Å². The zero-order valence-electron chi connectivity index (χ0n) is 10.1. The molecule has 0 aliphatic rings. The Morgan fingerprint density at radius 3 is 2.00 bits per heavy atom. The maximum Gasteiger partial charge on any atom is 0.000250 e. The van der Waals surface area contributed by atoms with Crippen molar-refractivity contribution in [1.82, 2.24) is 5.32 Å². The fraction of sp³-hybridized carbons (Fsp3) is 1.00. The Morgan fingerprint density at radius 2 is 1.62 bits per heavy atom. The molecule has 0 fully saturated rings. The molecule has 1 N–H and O–H groups in total. The van der Waals surface area contributed by atoms with Gasteiger partial charge in [0.05, 0.1) is 0 Å². The molecule has 0 aromatic rings. The van der Waals surface area contributed by atoms with E-state index < -0.39 is 0 Å². The summed E-state index contributed by atoms with van der Waals surface area (Å²) in [4.78, 5) is 0. The molecule has 1 nitrogen and oxygen atoms in total. The fourth-order valence-corrected chi connectivity index (χ4v) is 1.89. The van der Waals surface area contributed by atoms with Gasteiger partial charge in [0.2, 0.25) is 0 Å². The number of nitrogens with one attached hydrogen (secondary N) is 1. The van der Waals surface area contributed by atoms with E-state index in [1.165, 1.54) is 19.3 Å². The summed E-state index contributed by atoms with van der Waals surface area (Å²) < 4.78 is 0. The van der Waals surface area contributed by atoms with Crippen LogP contribution in [-0.4, -0.2) is 13.1 Å². The molecule has 0 radical (unpaired) electrons. The highest BCUT2D eigenvalue weighted by molar-refractivity contribution is 4.74. The molecular formula is C12H27N. The van der Waals surface area contributed by atoms with E-state index in [-0.39, 0.29) is 0 Å². The van der Waals surface area contributed by atoms with Crippen molar-refractivity contribution >= 4 is 0 Å². The van der Waals surface area contributed by atoms with Gasteiger partial charge in [-0.25, -0.2) is 0 Å². The van der Waals surface area contributed by atoms with Gasteiger partial charge in [-0.15, -0.1) is 0 Å². The predicted octanol–water partition coefficient (Wildman–Crippen LogP) is 3.45. The molecule has 80 valence electrons. The topological polar surface area (TPSA) is 12.0 Å². The fourth-order valence-electron chi connectivity index (χ4n) is 1.89. The minimum atomic E-state index is 0.465. The van der Waals surface area contributed by atoms with Crippen LogP contribution in [-0.2, 0) is 0 Å². The number of rotatable bonds is 7. The van der Waals surface area contributed by atoms with Crippen LogP contribution in [0.15, 0.2) is 0 Å². The highest BCUT2D eigenvalue weighted by Crippen LogP contribution is 2.28. The summed E-state index contributed by atoms with van der Waals surface area (Å²) in [5.41, 5.74) is 0.465. The van der Waals surface area contributed by atoms with Crippen LogP contribution >= 0.6 is 0 Å². The average molecular weight is 185 g/mol. The first-order chi connectivity index (χ1) is 6.05. The first-order valence-corrected chi connectivity index (χ1v) is 5.76. The maximum atomic E-state index is 3.44. The SMILES string of the molecule is CCNCC(C)(C)CC(CC)CC. The molecule has 0 aliphatic heterocycles. The Morgan fingerprint density at radius 1 is 1.08 bits per heavy atom. The van der Waals surface area contributed by atoms with Crippen LogP contribution < -0.4 is 5.32 Å². The molecule has 0 bridgehead atoms. The third-order valence-electron chi connectivity index (χ3n) is 2.85. The van der Waals surface area contributed by atoms with Crippen molar-refractivity contribution in [3.63, 3.8) is 0 Å². The van der Waals surface area contributed by atoms with Crippen LogP contribution in [0.5, 0.6) is 0 Å². The summed E-state index contributed by atoms with van der Waals surface area (Å²) in [7, 11) is 0. The van der Waals surface area contributed by atoms with Gasteiger partial charge in [-0.3, -0.25) is 0 Å². The predicted molar refractivity (Wildman–Crippen MR) is 61.0 cm³/mol. The summed E-state index contributed by atoms with van der Waals surface area (Å²) in [6.07, 6.45) is 4.01. The summed E-state index contributed by atoms with van der Waals surface area (Å²) in [5, 5.41) is 3.44. The van der Waals surface area contributed by atoms with Gasteiger partial charge in [-0.2, -0.15) is 0 Å². The van der Waals surface area contributed by atoms with Crippen LogP contribution in [0, 0.1) is 11.3 Å². The van der Waals surface area contributed by atoms with E-state index in [9.17, 15) is 0 Å². The van der Waals surface area contributed by atoms with E-state index in [0.29, 0.717) is 5.41 Å². The van der Waals surface area contributed by atoms with Gasteiger partial charge < -0.3 is 5.32 Å². The Kier molecular flexibility index (Phi) is 6.40. The van der Waals surface area contributed by atoms with Gasteiger partial charge in [-0.1, -0.05) is 47.5 Å². The summed E-state index contributed by atoms with van der Waals surface area (Å²) in [6, 6.07) is 0. The smallest absolute Gasteiger partial charge is 0.000250 e. The van der Waals surface area contributed by atoms with E-state index in [1.807, 2.05) is 0 Å². The normalized spacial score (nSPS) is 12.5. The molecule has 0 heterocycles. The Balaban J connectivity index is 3.83. The van der Waals surface area contributed by atoms with Crippen LogP contribution in [0.1, 0.15) is 53.9 Å². The third-order valence-corrected chi connectivity index (χ3v) is 2.85. The number of hydrogen-bond acceptors (Lipinski definition) is 1. The molecule has 0 rings (SSSR count). The second-order valence-corrected chi connectivity index (χ2v) is 4.83. The third kappa shape index (κ3) is 6.09. The molecule has 0 amide bonds. The Hall–Kier alpha value is -0.0400. The van der Waals surface area contributed by atoms with Gasteiger partial charge in [-0.05, 0) is 24.3 Å². The minimum absolute atomic E-state index is 0.465. The molecule has 13 heavy (non-hydrogen) atoms. The molecule has 0 aromatic heterocycles. The lowest BCUT2D eigenvalue weighted by molar-refractivity contribution is 0.247. The summed E-state index contributed by atoms with van der Waals surface area (Å²) in [5.74, 6) is 0.911. The Labute approximate surface area is 84.3 Å². The zero-order chi connectivity index (χ0) is 10.3. The summed E-state index contributed by atoms with van der Waals surface area (Å²) >= 11 is 0. The van der Waals surface area contributed by atoms with Crippen LogP contribution in [0.25, 0.3) is 0 Å². The van der Waals surface area contributed by atoms with Crippen molar-refractivity contribution in [2.75, 3.05) is 13.1 Å². The van der Waals surface area contributed by atoms with Gasteiger partial charge >= 0.3 is 0 Å². The minimum Gasteiger partial charge on any atom is -0.316 e. The standard InChI is InChI=1S/C12H27N/c1-6-11(7-2)9-12(4,5)10-13-8-3/h11,13H,6-10H2,1-5H3. The van der Waals surface area contributed by atoms with Gasteiger partial charge in [0.1, 0.15) is 0 Å². The lowest BCUT2D eigenvalue weighted by Crippen LogP contribution is -2.31. The molecule has 0 spiro atoms. The molecule has 1 heteroatoms. The lowest BCUT2D eigenvalue weighted by Gasteiger charge is -2.29. The highest BCUT2D eigenvalue weighted by atomic mass is 14.9. The number of hydrogen-bond donors (Lipinski definition) is 1. The second-order valence-electron chi connectivity index (χ2n) is 4.83. The van der Waals surface area contributed by atoms with Crippen LogP contribution in [0.4, 0.5) is 0 Å². The van der Waals surface area contributed by atoms with Crippen LogP contribution in [0.3, 0.4) is 0 Å². The van der Waals surface area contributed by atoms with Crippen molar-refractivity contribution in [2.24, 2.45) is 11.3 Å². The van der Waals surface area contributed by atoms with Crippen molar-refractivity contribution < 1.29 is 0 Å². The van der Waals surface area contributed by atoms with Gasteiger partial charge in [0.25, 0.3) is 0 Å². The highest BCUT2D eigenvalue weighted by Gasteiger charge is 2.20. The Bertz CT molecular complexity index is 114. The quantitative estimate of drug-likeness (QED) is 0.640. The van der Waals surface area contributed by atoms with Crippen LogP contribution in [0.2, 0.25) is 0 Å². The van der Waals surface area contributed by atoms with Gasteiger partial charge in [0.15, 0.2) is 0 Å². The van der Waals surface area contributed by atoms with Crippen molar-refractivity contribution in [2.45, 2.75) is 53.9 Å². The van der Waals surface area contributed by atoms with E-state index in [2.05, 4.69) is 39.9 Å². The van der Waals surface area contributed by atoms with Crippen molar-refractivity contribution in [3.8, 4) is 0 Å². The molecule has 0 aromatic carbocycles. The van der Waals surface area contributed by atoms with E-state index in [4.69, 9.17) is 0 Å².